The van der Waals surface area contributed by atoms with Crippen LogP contribution in [0.5, 0.6) is 0 Å². The van der Waals surface area contributed by atoms with E-state index in [0.717, 1.165) is 5.56 Å². The number of halogens is 2. The van der Waals surface area contributed by atoms with Gasteiger partial charge in [-0.3, -0.25) is 9.59 Å². The van der Waals surface area contributed by atoms with Crippen LogP contribution in [0, 0.1) is 0 Å². The van der Waals surface area contributed by atoms with Gasteiger partial charge in [-0.15, -0.1) is 0 Å². The Morgan fingerprint density at radius 1 is 1.06 bits per heavy atom. The number of amides is 2. The fraction of sp³-hybridized carbons (Fsp3) is 0.0455. The Bertz CT molecular complexity index is 1220. The van der Waals surface area contributed by atoms with Crippen molar-refractivity contribution in [2.24, 2.45) is 0 Å². The van der Waals surface area contributed by atoms with E-state index in [9.17, 15) is 9.59 Å². The smallest absolute Gasteiger partial charge is 0.291 e. The summed E-state index contributed by atoms with van der Waals surface area (Å²) in [5.41, 5.74) is 2.66. The maximum absolute atomic E-state index is 12.6. The van der Waals surface area contributed by atoms with Crippen LogP contribution in [0.15, 0.2) is 82.1 Å². The molecule has 2 aromatic carbocycles. The molecule has 0 fully saturated rings. The van der Waals surface area contributed by atoms with Gasteiger partial charge in [0.05, 0.1) is 17.8 Å². The molecule has 31 heavy (non-hydrogen) atoms. The monoisotopic (exact) mass is 498 g/mol. The Morgan fingerprint density at radius 3 is 2.55 bits per heavy atom. The zero-order valence-electron chi connectivity index (χ0n) is 16.0. The molecule has 4 rings (SSSR count). The number of hydrogen-bond acceptors (Lipinski definition) is 4. The quantitative estimate of drug-likeness (QED) is 0.376. The number of furan rings is 1. The standard InChI is InChI=1S/C22H16BrClN4O3/c23-20-9-8-19(31-20)22(30)26-16-5-2-14(3-6-16)12-21(29)27-17-13-15(24)4-7-18(17)28-11-1-10-25-28/h1-11,13H,12H2,(H,26,30)(H,27,29). The first-order valence-electron chi connectivity index (χ1n) is 9.23. The average Bonchev–Trinajstić information content (AvgIpc) is 3.41. The van der Waals surface area contributed by atoms with Gasteiger partial charge in [0.1, 0.15) is 0 Å². The van der Waals surface area contributed by atoms with Gasteiger partial charge in [0.25, 0.3) is 5.91 Å². The van der Waals surface area contributed by atoms with Gasteiger partial charge in [0.2, 0.25) is 5.91 Å². The van der Waals surface area contributed by atoms with Crippen LogP contribution >= 0.6 is 27.5 Å². The summed E-state index contributed by atoms with van der Waals surface area (Å²) in [7, 11) is 0. The molecule has 156 valence electrons. The van der Waals surface area contributed by atoms with Gasteiger partial charge in [0.15, 0.2) is 10.4 Å². The first kappa shape index (κ1) is 20.9. The number of hydrogen-bond donors (Lipinski definition) is 2. The Balaban J connectivity index is 1.40. The van der Waals surface area contributed by atoms with Crippen molar-refractivity contribution < 1.29 is 14.0 Å². The van der Waals surface area contributed by atoms with Gasteiger partial charge in [-0.1, -0.05) is 23.7 Å². The van der Waals surface area contributed by atoms with E-state index in [1.54, 1.807) is 77.7 Å². The van der Waals surface area contributed by atoms with E-state index in [4.69, 9.17) is 16.0 Å². The van der Waals surface area contributed by atoms with Gasteiger partial charge in [-0.05, 0) is 70.0 Å². The minimum absolute atomic E-state index is 0.157. The highest BCUT2D eigenvalue weighted by atomic mass is 79.9. The minimum atomic E-state index is -0.358. The van der Waals surface area contributed by atoms with E-state index in [1.165, 1.54) is 0 Å². The van der Waals surface area contributed by atoms with E-state index in [2.05, 4.69) is 31.7 Å². The van der Waals surface area contributed by atoms with Gasteiger partial charge in [0, 0.05) is 23.1 Å². The topological polar surface area (TPSA) is 89.2 Å². The van der Waals surface area contributed by atoms with Crippen molar-refractivity contribution in [1.29, 1.82) is 0 Å². The van der Waals surface area contributed by atoms with E-state index in [1.807, 2.05) is 0 Å². The third-order valence-corrected chi connectivity index (χ3v) is 5.02. The Morgan fingerprint density at radius 2 is 1.87 bits per heavy atom. The first-order valence-corrected chi connectivity index (χ1v) is 10.4. The SMILES string of the molecule is O=C(Cc1ccc(NC(=O)c2ccc(Br)o2)cc1)Nc1cc(Cl)ccc1-n1cccn1. The number of rotatable bonds is 6. The van der Waals surface area contributed by atoms with Crippen molar-refractivity contribution in [3.63, 3.8) is 0 Å². The zero-order chi connectivity index (χ0) is 21.8. The lowest BCUT2D eigenvalue weighted by atomic mass is 10.1. The normalized spacial score (nSPS) is 10.6. The summed E-state index contributed by atoms with van der Waals surface area (Å²) in [5, 5.41) is 10.3. The second-order valence-corrected chi connectivity index (χ2v) is 7.81. The molecule has 2 aromatic heterocycles. The zero-order valence-corrected chi connectivity index (χ0v) is 18.4. The van der Waals surface area contributed by atoms with Crippen molar-refractivity contribution in [1.82, 2.24) is 9.78 Å². The van der Waals surface area contributed by atoms with Gasteiger partial charge < -0.3 is 15.1 Å². The molecule has 2 N–H and O–H groups in total. The molecule has 2 heterocycles. The Labute approximate surface area is 191 Å². The lowest BCUT2D eigenvalue weighted by Gasteiger charge is -2.12. The third-order valence-electron chi connectivity index (χ3n) is 4.36. The number of carbonyl (C=O) groups excluding carboxylic acids is 2. The lowest BCUT2D eigenvalue weighted by molar-refractivity contribution is -0.115. The molecule has 0 saturated carbocycles. The molecule has 2 amide bonds. The van der Waals surface area contributed by atoms with Crippen LogP contribution in [0.1, 0.15) is 16.1 Å². The predicted octanol–water partition coefficient (Wildman–Crippen LogP) is 5.31. The summed E-state index contributed by atoms with van der Waals surface area (Å²) in [5.74, 6) is -0.360. The molecular weight excluding hydrogens is 484 g/mol. The van der Waals surface area contributed by atoms with Crippen molar-refractivity contribution in [3.8, 4) is 5.69 Å². The molecule has 0 bridgehead atoms. The van der Waals surface area contributed by atoms with Crippen LogP contribution in [0.2, 0.25) is 5.02 Å². The second-order valence-electron chi connectivity index (χ2n) is 6.59. The molecule has 0 atom stereocenters. The number of benzene rings is 2. The van der Waals surface area contributed by atoms with Gasteiger partial charge >= 0.3 is 0 Å². The molecule has 0 radical (unpaired) electrons. The maximum Gasteiger partial charge on any atom is 0.291 e. The lowest BCUT2D eigenvalue weighted by Crippen LogP contribution is -2.16. The Hall–Kier alpha value is -3.36. The maximum atomic E-state index is 12.6. The minimum Gasteiger partial charge on any atom is -0.444 e. The Kier molecular flexibility index (Phi) is 6.20. The van der Waals surface area contributed by atoms with Crippen LogP contribution < -0.4 is 10.6 Å². The molecule has 0 aliphatic heterocycles. The van der Waals surface area contributed by atoms with Gasteiger partial charge in [-0.25, -0.2) is 4.68 Å². The summed E-state index contributed by atoms with van der Waals surface area (Å²) in [4.78, 5) is 24.7. The van der Waals surface area contributed by atoms with Crippen LogP contribution in [-0.2, 0) is 11.2 Å². The molecule has 4 aromatic rings. The third kappa shape index (κ3) is 5.22. The van der Waals surface area contributed by atoms with Crippen LogP contribution in [0.25, 0.3) is 5.69 Å². The molecule has 7 nitrogen and oxygen atoms in total. The number of aromatic nitrogens is 2. The average molecular weight is 500 g/mol. The number of carbonyl (C=O) groups is 2. The van der Waals surface area contributed by atoms with Crippen LogP contribution in [0.3, 0.4) is 0 Å². The van der Waals surface area contributed by atoms with E-state index in [-0.39, 0.29) is 24.0 Å². The molecule has 0 saturated heterocycles. The number of nitrogens with zero attached hydrogens (tertiary/aromatic N) is 2. The largest absolute Gasteiger partial charge is 0.444 e. The molecule has 0 unspecified atom stereocenters. The fourth-order valence-electron chi connectivity index (χ4n) is 2.93. The molecule has 9 heteroatoms. The summed E-state index contributed by atoms with van der Waals surface area (Å²) in [6.07, 6.45) is 3.60. The van der Waals surface area contributed by atoms with E-state index in [0.29, 0.717) is 26.8 Å². The van der Waals surface area contributed by atoms with Crippen LogP contribution in [0.4, 0.5) is 11.4 Å². The predicted molar refractivity (Wildman–Crippen MR) is 122 cm³/mol. The molecule has 0 aliphatic rings. The van der Waals surface area contributed by atoms with Crippen molar-refractivity contribution in [3.05, 3.63) is 94.1 Å². The highest BCUT2D eigenvalue weighted by molar-refractivity contribution is 9.10. The van der Waals surface area contributed by atoms with E-state index >= 15 is 0 Å². The fourth-order valence-corrected chi connectivity index (χ4v) is 3.41. The molecular formula is C22H16BrClN4O3. The summed E-state index contributed by atoms with van der Waals surface area (Å²) in [6, 6.07) is 17.2. The highest BCUT2D eigenvalue weighted by Crippen LogP contribution is 2.24. The van der Waals surface area contributed by atoms with E-state index < -0.39 is 0 Å². The number of anilines is 2. The van der Waals surface area contributed by atoms with Crippen molar-refractivity contribution in [2.75, 3.05) is 10.6 Å². The summed E-state index contributed by atoms with van der Waals surface area (Å²) >= 11 is 9.27. The first-order chi connectivity index (χ1) is 15.0. The summed E-state index contributed by atoms with van der Waals surface area (Å²) < 4.78 is 7.37. The van der Waals surface area contributed by atoms with Crippen LogP contribution in [-0.4, -0.2) is 21.6 Å². The highest BCUT2D eigenvalue weighted by Gasteiger charge is 2.12. The summed E-state index contributed by atoms with van der Waals surface area (Å²) in [6.45, 7) is 0. The van der Waals surface area contributed by atoms with Crippen molar-refractivity contribution >= 4 is 50.7 Å². The van der Waals surface area contributed by atoms with Gasteiger partial charge in [-0.2, -0.15) is 5.10 Å². The molecule has 0 spiro atoms. The number of nitrogens with one attached hydrogen (secondary N) is 2. The second kappa shape index (κ2) is 9.20. The van der Waals surface area contributed by atoms with Crippen molar-refractivity contribution in [2.45, 2.75) is 6.42 Å². The molecule has 0 aliphatic carbocycles.